The number of allylic oxidation sites excluding steroid dienone is 6. The van der Waals surface area contributed by atoms with Crippen LogP contribution < -0.4 is 0 Å². The molecule has 0 bridgehead atoms. The third kappa shape index (κ3) is 3.28. The molecule has 1 rings (SSSR count). The molecule has 1 aliphatic carbocycles. The maximum absolute atomic E-state index is 12.3. The highest BCUT2D eigenvalue weighted by Gasteiger charge is 2.38. The van der Waals surface area contributed by atoms with E-state index < -0.39 is 11.7 Å². The molecule has 0 unspecified atom stereocenters. The van der Waals surface area contributed by atoms with E-state index in [1.54, 1.807) is 6.08 Å². The van der Waals surface area contributed by atoms with Crippen molar-refractivity contribution in [1.29, 1.82) is 0 Å². The van der Waals surface area contributed by atoms with Crippen molar-refractivity contribution in [2.24, 2.45) is 0 Å². The highest BCUT2D eigenvalue weighted by molar-refractivity contribution is 9.09. The minimum atomic E-state index is -4.26. The fourth-order valence-electron chi connectivity index (χ4n) is 1.10. The Balaban J connectivity index is 2.70. The van der Waals surface area contributed by atoms with Crippen molar-refractivity contribution in [1.82, 2.24) is 0 Å². The molecule has 0 atom stereocenters. The highest BCUT2D eigenvalue weighted by Crippen LogP contribution is 2.30. The number of halogens is 4. The van der Waals surface area contributed by atoms with Crippen LogP contribution in [-0.2, 0) is 0 Å². The minimum absolute atomic E-state index is 0.621. The second kappa shape index (κ2) is 4.76. The smallest absolute Gasteiger partial charge is 0.154 e. The molecule has 0 nitrogen and oxygen atoms in total. The van der Waals surface area contributed by atoms with Crippen molar-refractivity contribution in [3.8, 4) is 0 Å². The summed E-state index contributed by atoms with van der Waals surface area (Å²) in [5.74, 6) is 0. The molecule has 76 valence electrons. The normalized spacial score (nSPS) is 16.0. The molecular formula is C10H9BrF3+. The van der Waals surface area contributed by atoms with Gasteiger partial charge in [0.25, 0.3) is 0 Å². The van der Waals surface area contributed by atoms with Gasteiger partial charge < -0.3 is 0 Å². The van der Waals surface area contributed by atoms with E-state index in [0.29, 0.717) is 12.0 Å². The summed E-state index contributed by atoms with van der Waals surface area (Å²) >= 11 is 3.23. The van der Waals surface area contributed by atoms with Gasteiger partial charge in [-0.3, -0.25) is 0 Å². The Morgan fingerprint density at radius 2 is 2.07 bits per heavy atom. The molecule has 0 aromatic heterocycles. The monoisotopic (exact) mass is 265 g/mol. The van der Waals surface area contributed by atoms with E-state index in [4.69, 9.17) is 0 Å². The van der Waals surface area contributed by atoms with Crippen LogP contribution in [0.3, 0.4) is 0 Å². The Bertz CT molecular complexity index is 284. The van der Waals surface area contributed by atoms with Crippen LogP contribution in [0.25, 0.3) is 0 Å². The van der Waals surface area contributed by atoms with E-state index in [2.05, 4.69) is 22.0 Å². The molecule has 0 radical (unpaired) electrons. The van der Waals surface area contributed by atoms with Gasteiger partial charge >= 0.3 is 6.18 Å². The second-order valence-corrected chi connectivity index (χ2v) is 3.71. The third-order valence-electron chi connectivity index (χ3n) is 1.77. The summed E-state index contributed by atoms with van der Waals surface area (Å²) in [6.45, 7) is 0. The largest absolute Gasteiger partial charge is 0.467 e. The van der Waals surface area contributed by atoms with Crippen LogP contribution in [0.2, 0.25) is 0 Å². The second-order valence-electron chi connectivity index (χ2n) is 2.92. The van der Waals surface area contributed by atoms with Crippen LogP contribution in [-0.4, -0.2) is 11.5 Å². The Labute approximate surface area is 89.3 Å². The fourth-order valence-corrected chi connectivity index (χ4v) is 1.38. The molecule has 0 saturated carbocycles. The van der Waals surface area contributed by atoms with E-state index >= 15 is 0 Å². The van der Waals surface area contributed by atoms with Gasteiger partial charge in [-0.25, -0.2) is 0 Å². The predicted octanol–water partition coefficient (Wildman–Crippen LogP) is 3.95. The van der Waals surface area contributed by atoms with Crippen LogP contribution >= 0.6 is 15.9 Å². The molecule has 14 heavy (non-hydrogen) atoms. The Hall–Kier alpha value is -0.600. The summed E-state index contributed by atoms with van der Waals surface area (Å²) < 4.78 is 36.8. The molecular weight excluding hydrogens is 257 g/mol. The molecule has 0 aromatic rings. The molecule has 0 saturated heterocycles. The first-order valence-corrected chi connectivity index (χ1v) is 5.29. The van der Waals surface area contributed by atoms with Crippen molar-refractivity contribution >= 4 is 15.9 Å². The summed E-state index contributed by atoms with van der Waals surface area (Å²) in [6, 6.07) is 0. The molecule has 0 spiro atoms. The van der Waals surface area contributed by atoms with E-state index in [-0.39, 0.29) is 0 Å². The first kappa shape index (κ1) is 11.5. The molecule has 0 heterocycles. The lowest BCUT2D eigenvalue weighted by molar-refractivity contribution is -0.0883. The lowest BCUT2D eigenvalue weighted by Gasteiger charge is -2.03. The zero-order valence-electron chi connectivity index (χ0n) is 7.37. The molecule has 4 heteroatoms. The summed E-state index contributed by atoms with van der Waals surface area (Å²) in [6.07, 6.45) is 3.46. The summed E-state index contributed by atoms with van der Waals surface area (Å²) in [5, 5.41) is 0.795. The zero-order valence-corrected chi connectivity index (χ0v) is 8.95. The number of hydrogen-bond donors (Lipinski definition) is 0. The Morgan fingerprint density at radius 3 is 2.64 bits per heavy atom. The summed E-state index contributed by atoms with van der Waals surface area (Å²) in [7, 11) is 0. The molecule has 0 amide bonds. The average molecular weight is 266 g/mol. The van der Waals surface area contributed by atoms with Gasteiger partial charge in [-0.05, 0) is 6.42 Å². The summed E-state index contributed by atoms with van der Waals surface area (Å²) in [4.78, 5) is 0. The van der Waals surface area contributed by atoms with Gasteiger partial charge in [0.1, 0.15) is 12.2 Å². The van der Waals surface area contributed by atoms with Crippen molar-refractivity contribution in [2.75, 3.05) is 5.33 Å². The number of hydrogen-bond acceptors (Lipinski definition) is 0. The van der Waals surface area contributed by atoms with Crippen LogP contribution in [0, 0.1) is 6.08 Å². The zero-order chi connectivity index (χ0) is 10.6. The SMILES string of the molecule is FC(F)(F)C1=C[C+]=CC(CCCBr)=C1. The molecule has 0 aliphatic heterocycles. The van der Waals surface area contributed by atoms with E-state index in [0.717, 1.165) is 17.8 Å². The first-order valence-electron chi connectivity index (χ1n) is 4.17. The van der Waals surface area contributed by atoms with Gasteiger partial charge in [-0.1, -0.05) is 15.9 Å². The maximum Gasteiger partial charge on any atom is 0.467 e. The quantitative estimate of drug-likeness (QED) is 0.536. The maximum atomic E-state index is 12.3. The van der Waals surface area contributed by atoms with Gasteiger partial charge in [-0.15, -0.1) is 0 Å². The van der Waals surface area contributed by atoms with Crippen LogP contribution in [0.1, 0.15) is 12.8 Å². The third-order valence-corrected chi connectivity index (χ3v) is 2.34. The first-order chi connectivity index (χ1) is 6.54. The van der Waals surface area contributed by atoms with E-state index in [9.17, 15) is 13.2 Å². The number of rotatable bonds is 3. The van der Waals surface area contributed by atoms with Crippen LogP contribution in [0.4, 0.5) is 13.2 Å². The molecule has 1 aliphatic rings. The Kier molecular flexibility index (Phi) is 3.90. The standard InChI is InChI=1S/C10H9BrF3/c11-6-2-4-8-3-1-5-9(7-8)10(12,13)14/h3,5,7H,2,4,6H2/q+1. The fraction of sp³-hybridized carbons (Fsp3) is 0.400. The molecule has 0 N–H and O–H groups in total. The highest BCUT2D eigenvalue weighted by atomic mass is 79.9. The minimum Gasteiger partial charge on any atom is -0.154 e. The average Bonchev–Trinajstić information content (AvgIpc) is 2.14. The van der Waals surface area contributed by atoms with E-state index in [1.807, 2.05) is 0 Å². The van der Waals surface area contributed by atoms with Crippen molar-refractivity contribution in [3.63, 3.8) is 0 Å². The topological polar surface area (TPSA) is 0 Å². The predicted molar refractivity (Wildman–Crippen MR) is 53.1 cm³/mol. The molecule has 0 aromatic carbocycles. The van der Waals surface area contributed by atoms with Gasteiger partial charge in [0.05, 0.1) is 11.6 Å². The number of alkyl halides is 4. The summed E-state index contributed by atoms with van der Waals surface area (Å²) in [5.41, 5.74) is 0.0591. The lowest BCUT2D eigenvalue weighted by atomic mass is 10.0. The molecule has 0 fully saturated rings. The van der Waals surface area contributed by atoms with Crippen molar-refractivity contribution in [3.05, 3.63) is 35.5 Å². The lowest BCUT2D eigenvalue weighted by Crippen LogP contribution is -2.11. The van der Waals surface area contributed by atoms with Crippen molar-refractivity contribution in [2.45, 2.75) is 19.0 Å². The van der Waals surface area contributed by atoms with Gasteiger partial charge in [0.15, 0.2) is 5.57 Å². The van der Waals surface area contributed by atoms with Gasteiger partial charge in [0.2, 0.25) is 0 Å². The Morgan fingerprint density at radius 1 is 1.36 bits per heavy atom. The van der Waals surface area contributed by atoms with Crippen LogP contribution in [0.5, 0.6) is 0 Å². The van der Waals surface area contributed by atoms with Gasteiger partial charge in [-0.2, -0.15) is 13.2 Å². The van der Waals surface area contributed by atoms with Crippen molar-refractivity contribution < 1.29 is 13.2 Å². The van der Waals surface area contributed by atoms with E-state index in [1.165, 1.54) is 6.08 Å². The van der Waals surface area contributed by atoms with Gasteiger partial charge in [0, 0.05) is 17.8 Å². The van der Waals surface area contributed by atoms with Crippen LogP contribution in [0.15, 0.2) is 29.4 Å².